The Morgan fingerprint density at radius 3 is 2.77 bits per heavy atom. The molecule has 1 aliphatic rings. The highest BCUT2D eigenvalue weighted by Gasteiger charge is 2.23. The summed E-state index contributed by atoms with van der Waals surface area (Å²) in [5.74, 6) is 0. The first-order chi connectivity index (χ1) is 6.13. The van der Waals surface area contributed by atoms with Crippen LogP contribution in [0.15, 0.2) is 0 Å². The minimum absolute atomic E-state index is 0.0143. The van der Waals surface area contributed by atoms with Crippen LogP contribution in [0.3, 0.4) is 0 Å². The fraction of sp³-hybridized carbons (Fsp3) is 0.900. The van der Waals surface area contributed by atoms with Crippen LogP contribution in [0.25, 0.3) is 0 Å². The summed E-state index contributed by atoms with van der Waals surface area (Å²) in [6.07, 6.45) is 3.01. The van der Waals surface area contributed by atoms with Gasteiger partial charge in [-0.3, -0.25) is 4.90 Å². The molecular weight excluding hydrogens is 164 g/mol. The summed E-state index contributed by atoms with van der Waals surface area (Å²) < 4.78 is 5.68. The second-order valence-electron chi connectivity index (χ2n) is 3.89. The maximum absolute atomic E-state index is 8.70. The molecule has 1 saturated heterocycles. The van der Waals surface area contributed by atoms with Gasteiger partial charge < -0.3 is 4.74 Å². The highest BCUT2D eigenvalue weighted by atomic mass is 16.5. The molecule has 3 atom stereocenters. The summed E-state index contributed by atoms with van der Waals surface area (Å²) in [6, 6.07) is 2.21. The zero-order valence-electron chi connectivity index (χ0n) is 8.66. The van der Waals surface area contributed by atoms with E-state index in [-0.39, 0.29) is 6.04 Å². The minimum atomic E-state index is -0.0143. The smallest absolute Gasteiger partial charge is 0.0947 e. The first kappa shape index (κ1) is 10.5. The van der Waals surface area contributed by atoms with E-state index in [1.807, 2.05) is 18.9 Å². The first-order valence-electron chi connectivity index (χ1n) is 4.88. The number of ether oxygens (including phenoxy) is 1. The van der Waals surface area contributed by atoms with Crippen LogP contribution in [0.5, 0.6) is 0 Å². The van der Waals surface area contributed by atoms with E-state index in [1.165, 1.54) is 0 Å². The highest BCUT2D eigenvalue weighted by molar-refractivity contribution is 4.88. The molecule has 3 heteroatoms. The molecule has 0 bridgehead atoms. The predicted molar refractivity (Wildman–Crippen MR) is 51.3 cm³/mol. The van der Waals surface area contributed by atoms with Gasteiger partial charge >= 0.3 is 0 Å². The molecule has 0 radical (unpaired) electrons. The van der Waals surface area contributed by atoms with Crippen LogP contribution in [-0.2, 0) is 4.74 Å². The van der Waals surface area contributed by atoms with Crippen molar-refractivity contribution in [1.82, 2.24) is 4.90 Å². The predicted octanol–water partition coefficient (Wildman–Crippen LogP) is 1.40. The van der Waals surface area contributed by atoms with Gasteiger partial charge in [0.15, 0.2) is 0 Å². The molecule has 0 aromatic heterocycles. The average molecular weight is 182 g/mol. The number of nitriles is 1. The van der Waals surface area contributed by atoms with Crippen LogP contribution in [0.1, 0.15) is 26.7 Å². The van der Waals surface area contributed by atoms with Gasteiger partial charge in [0.1, 0.15) is 0 Å². The third-order valence-corrected chi connectivity index (χ3v) is 2.66. The molecule has 0 spiro atoms. The third kappa shape index (κ3) is 2.98. The van der Waals surface area contributed by atoms with Crippen molar-refractivity contribution in [2.75, 3.05) is 13.6 Å². The molecule has 1 heterocycles. The van der Waals surface area contributed by atoms with Crippen molar-refractivity contribution in [1.29, 1.82) is 5.26 Å². The number of hydrogen-bond donors (Lipinski definition) is 0. The largest absolute Gasteiger partial charge is 0.374 e. The number of rotatable bonds is 3. The molecule has 1 fully saturated rings. The minimum Gasteiger partial charge on any atom is -0.374 e. The summed E-state index contributed by atoms with van der Waals surface area (Å²) in [6.45, 7) is 4.89. The summed E-state index contributed by atoms with van der Waals surface area (Å²) in [7, 11) is 1.97. The van der Waals surface area contributed by atoms with E-state index < -0.39 is 0 Å². The van der Waals surface area contributed by atoms with E-state index in [4.69, 9.17) is 10.00 Å². The monoisotopic (exact) mass is 182 g/mol. The normalized spacial score (nSPS) is 30.4. The first-order valence-corrected chi connectivity index (χ1v) is 4.88. The van der Waals surface area contributed by atoms with E-state index in [2.05, 4.69) is 13.0 Å². The number of nitrogens with zero attached hydrogens (tertiary/aromatic N) is 2. The third-order valence-electron chi connectivity index (χ3n) is 2.66. The van der Waals surface area contributed by atoms with E-state index in [1.54, 1.807) is 0 Å². The maximum Gasteiger partial charge on any atom is 0.0947 e. The van der Waals surface area contributed by atoms with Gasteiger partial charge in [-0.25, -0.2) is 0 Å². The molecule has 0 aromatic rings. The van der Waals surface area contributed by atoms with Crippen LogP contribution in [0.2, 0.25) is 0 Å². The number of hydrogen-bond acceptors (Lipinski definition) is 3. The molecule has 0 N–H and O–H groups in total. The standard InChI is InChI=1S/C10H18N2O/c1-8(6-11)12(3)7-10-5-4-9(2)13-10/h8-10H,4-5,7H2,1-3H3. The van der Waals surface area contributed by atoms with Crippen molar-refractivity contribution in [3.63, 3.8) is 0 Å². The lowest BCUT2D eigenvalue weighted by Gasteiger charge is -2.22. The lowest BCUT2D eigenvalue weighted by Crippen LogP contribution is -2.35. The van der Waals surface area contributed by atoms with E-state index in [9.17, 15) is 0 Å². The Bertz CT molecular complexity index is 200. The van der Waals surface area contributed by atoms with E-state index in [0.717, 1.165) is 19.4 Å². The van der Waals surface area contributed by atoms with Gasteiger partial charge in [-0.05, 0) is 33.7 Å². The van der Waals surface area contributed by atoms with Crippen LogP contribution >= 0.6 is 0 Å². The van der Waals surface area contributed by atoms with E-state index >= 15 is 0 Å². The Morgan fingerprint density at radius 2 is 2.31 bits per heavy atom. The van der Waals surface area contributed by atoms with Gasteiger partial charge in [0.2, 0.25) is 0 Å². The van der Waals surface area contributed by atoms with Crippen LogP contribution < -0.4 is 0 Å². The molecule has 0 saturated carbocycles. The molecule has 0 aromatic carbocycles. The van der Waals surface area contributed by atoms with Gasteiger partial charge in [-0.1, -0.05) is 0 Å². The zero-order valence-corrected chi connectivity index (χ0v) is 8.66. The Kier molecular flexibility index (Phi) is 3.71. The second-order valence-corrected chi connectivity index (χ2v) is 3.89. The summed E-state index contributed by atoms with van der Waals surface area (Å²) >= 11 is 0. The quantitative estimate of drug-likeness (QED) is 0.662. The SMILES string of the molecule is CC1CCC(CN(C)C(C)C#N)O1. The summed E-state index contributed by atoms with van der Waals surface area (Å²) in [4.78, 5) is 2.04. The fourth-order valence-corrected chi connectivity index (χ4v) is 1.60. The zero-order chi connectivity index (χ0) is 9.84. The van der Waals surface area contributed by atoms with Crippen molar-refractivity contribution < 1.29 is 4.74 Å². The number of likely N-dealkylation sites (N-methyl/N-ethyl adjacent to an activating group) is 1. The molecule has 0 aliphatic carbocycles. The van der Waals surface area contributed by atoms with Gasteiger partial charge in [-0.15, -0.1) is 0 Å². The summed E-state index contributed by atoms with van der Waals surface area (Å²) in [5.41, 5.74) is 0. The topological polar surface area (TPSA) is 36.3 Å². The van der Waals surface area contributed by atoms with Crippen LogP contribution in [0.4, 0.5) is 0 Å². The molecule has 3 nitrogen and oxygen atoms in total. The van der Waals surface area contributed by atoms with Gasteiger partial charge in [0.05, 0.1) is 24.3 Å². The van der Waals surface area contributed by atoms with Gasteiger partial charge in [0, 0.05) is 6.54 Å². The Balaban J connectivity index is 2.29. The maximum atomic E-state index is 8.70. The van der Waals surface area contributed by atoms with Gasteiger partial charge in [0.25, 0.3) is 0 Å². The van der Waals surface area contributed by atoms with Crippen LogP contribution in [-0.4, -0.2) is 36.7 Å². The molecule has 0 amide bonds. The Labute approximate surface area is 80.3 Å². The van der Waals surface area contributed by atoms with Crippen molar-refractivity contribution in [3.05, 3.63) is 0 Å². The van der Waals surface area contributed by atoms with E-state index in [0.29, 0.717) is 12.2 Å². The fourth-order valence-electron chi connectivity index (χ4n) is 1.60. The molecule has 1 rings (SSSR count). The lowest BCUT2D eigenvalue weighted by molar-refractivity contribution is 0.0336. The highest BCUT2D eigenvalue weighted by Crippen LogP contribution is 2.19. The van der Waals surface area contributed by atoms with Crippen molar-refractivity contribution in [3.8, 4) is 6.07 Å². The van der Waals surface area contributed by atoms with Gasteiger partial charge in [-0.2, -0.15) is 5.26 Å². The van der Waals surface area contributed by atoms with Crippen molar-refractivity contribution in [2.45, 2.75) is 44.9 Å². The molecule has 1 aliphatic heterocycles. The summed E-state index contributed by atoms with van der Waals surface area (Å²) in [5, 5.41) is 8.70. The average Bonchev–Trinajstić information content (AvgIpc) is 2.49. The second kappa shape index (κ2) is 4.59. The Morgan fingerprint density at radius 1 is 1.62 bits per heavy atom. The molecule has 3 unspecified atom stereocenters. The van der Waals surface area contributed by atoms with Crippen molar-refractivity contribution in [2.24, 2.45) is 0 Å². The van der Waals surface area contributed by atoms with Crippen molar-refractivity contribution >= 4 is 0 Å². The molecule has 74 valence electrons. The lowest BCUT2D eigenvalue weighted by atomic mass is 10.2. The Hall–Kier alpha value is -0.590. The van der Waals surface area contributed by atoms with Crippen LogP contribution in [0, 0.1) is 11.3 Å². The molecule has 13 heavy (non-hydrogen) atoms. The molecular formula is C10H18N2O.